The van der Waals surface area contributed by atoms with Crippen molar-refractivity contribution in [3.63, 3.8) is 0 Å². The molecular formula is C31H21Br. The Balaban J connectivity index is 1.89. The van der Waals surface area contributed by atoms with Gasteiger partial charge < -0.3 is 0 Å². The first-order valence-electron chi connectivity index (χ1n) is 10.9. The second kappa shape index (κ2) is 7.62. The van der Waals surface area contributed by atoms with Gasteiger partial charge in [0.1, 0.15) is 0 Å². The Morgan fingerprint density at radius 1 is 0.406 bits per heavy atom. The van der Waals surface area contributed by atoms with E-state index in [-0.39, 0.29) is 0 Å². The predicted octanol–water partition coefficient (Wildman–Crippen LogP) is 8.48. The average Bonchev–Trinajstić information content (AvgIpc) is 2.97. The molecule has 1 aliphatic rings. The molecule has 0 atom stereocenters. The Labute approximate surface area is 197 Å². The molecule has 6 rings (SSSR count). The lowest BCUT2D eigenvalue weighted by molar-refractivity contribution is 0.751. The third kappa shape index (κ3) is 2.75. The molecule has 0 radical (unpaired) electrons. The Kier molecular flexibility index (Phi) is 4.59. The highest BCUT2D eigenvalue weighted by Crippen LogP contribution is 2.54. The number of hydrogen-bond acceptors (Lipinski definition) is 0. The van der Waals surface area contributed by atoms with Crippen LogP contribution >= 0.6 is 15.9 Å². The van der Waals surface area contributed by atoms with E-state index in [0.717, 1.165) is 4.47 Å². The first-order valence-corrected chi connectivity index (χ1v) is 11.7. The van der Waals surface area contributed by atoms with E-state index in [9.17, 15) is 0 Å². The summed E-state index contributed by atoms with van der Waals surface area (Å²) < 4.78 is 1.09. The molecule has 5 aromatic rings. The van der Waals surface area contributed by atoms with Gasteiger partial charge >= 0.3 is 0 Å². The minimum atomic E-state index is -0.447. The van der Waals surface area contributed by atoms with Crippen molar-refractivity contribution in [1.29, 1.82) is 0 Å². The van der Waals surface area contributed by atoms with Crippen molar-refractivity contribution in [2.24, 2.45) is 0 Å². The molecule has 0 unspecified atom stereocenters. The fourth-order valence-electron chi connectivity index (χ4n) is 5.39. The largest absolute Gasteiger partial charge is 0.0713 e. The van der Waals surface area contributed by atoms with E-state index in [1.165, 1.54) is 44.5 Å². The molecule has 5 aromatic carbocycles. The van der Waals surface area contributed by atoms with Crippen LogP contribution in [0.3, 0.4) is 0 Å². The van der Waals surface area contributed by atoms with Gasteiger partial charge in [-0.05, 0) is 56.6 Å². The van der Waals surface area contributed by atoms with Crippen LogP contribution in [0.5, 0.6) is 0 Å². The van der Waals surface area contributed by atoms with Crippen LogP contribution in [0.25, 0.3) is 22.3 Å². The molecule has 0 aromatic heterocycles. The maximum atomic E-state index is 3.75. The summed E-state index contributed by atoms with van der Waals surface area (Å²) in [4.78, 5) is 0. The molecule has 1 heteroatoms. The third-order valence-corrected chi connectivity index (χ3v) is 7.13. The summed E-state index contributed by atoms with van der Waals surface area (Å²) in [5, 5.41) is 0. The lowest BCUT2D eigenvalue weighted by atomic mass is 9.63. The Bertz CT molecular complexity index is 1370. The molecule has 0 amide bonds. The zero-order valence-corrected chi connectivity index (χ0v) is 19.1. The molecule has 0 saturated carbocycles. The van der Waals surface area contributed by atoms with Crippen molar-refractivity contribution in [1.82, 2.24) is 0 Å². The molecule has 0 aliphatic heterocycles. The van der Waals surface area contributed by atoms with Gasteiger partial charge in [0, 0.05) is 4.47 Å². The molecule has 0 nitrogen and oxygen atoms in total. The highest BCUT2D eigenvalue weighted by molar-refractivity contribution is 9.10. The van der Waals surface area contributed by atoms with Crippen LogP contribution in [0.4, 0.5) is 0 Å². The zero-order chi connectivity index (χ0) is 21.5. The minimum Gasteiger partial charge on any atom is -0.0622 e. The summed E-state index contributed by atoms with van der Waals surface area (Å²) in [5.74, 6) is 0. The molecule has 0 saturated heterocycles. The zero-order valence-electron chi connectivity index (χ0n) is 17.5. The average molecular weight is 473 g/mol. The molecule has 0 N–H and O–H groups in total. The van der Waals surface area contributed by atoms with Crippen molar-refractivity contribution < 1.29 is 0 Å². The number of halogens is 1. The van der Waals surface area contributed by atoms with E-state index in [1.54, 1.807) is 0 Å². The summed E-state index contributed by atoms with van der Waals surface area (Å²) in [6, 6.07) is 46.3. The number of rotatable bonds is 2. The maximum Gasteiger partial charge on any atom is 0.0713 e. The van der Waals surface area contributed by atoms with E-state index in [2.05, 4.69) is 143 Å². The normalized spacial score (nSPS) is 13.4. The molecule has 1 aliphatic carbocycles. The molecule has 0 fully saturated rings. The first-order chi connectivity index (χ1) is 15.8. The maximum absolute atomic E-state index is 3.75. The van der Waals surface area contributed by atoms with E-state index in [1.807, 2.05) is 0 Å². The Hall–Kier alpha value is -3.42. The lowest BCUT2D eigenvalue weighted by Gasteiger charge is -2.38. The topological polar surface area (TPSA) is 0 Å². The molecule has 152 valence electrons. The second-order valence-corrected chi connectivity index (χ2v) is 9.18. The van der Waals surface area contributed by atoms with Gasteiger partial charge in [-0.15, -0.1) is 0 Å². The van der Waals surface area contributed by atoms with Gasteiger partial charge in [0.25, 0.3) is 0 Å². The third-order valence-electron chi connectivity index (χ3n) is 6.63. The quantitative estimate of drug-likeness (QED) is 0.237. The van der Waals surface area contributed by atoms with Crippen molar-refractivity contribution in [2.45, 2.75) is 5.41 Å². The standard InChI is InChI=1S/C31H21Br/c32-24-14-10-13-23(21-24)31(22-11-2-1-3-12-22)29-19-8-6-17-27(29)25-15-4-5-16-26(25)28-18-7-9-20-30(28)31/h1-21H. The van der Waals surface area contributed by atoms with Crippen LogP contribution in [0.2, 0.25) is 0 Å². The van der Waals surface area contributed by atoms with Gasteiger partial charge in [-0.1, -0.05) is 131 Å². The highest BCUT2D eigenvalue weighted by Gasteiger charge is 2.43. The fraction of sp³-hybridized carbons (Fsp3) is 0.0323. The molecular weight excluding hydrogens is 452 g/mol. The summed E-state index contributed by atoms with van der Waals surface area (Å²) in [6.07, 6.45) is 0. The summed E-state index contributed by atoms with van der Waals surface area (Å²) in [6.45, 7) is 0. The van der Waals surface area contributed by atoms with Crippen molar-refractivity contribution in [3.8, 4) is 22.3 Å². The van der Waals surface area contributed by atoms with E-state index >= 15 is 0 Å². The molecule has 0 spiro atoms. The summed E-state index contributed by atoms with van der Waals surface area (Å²) in [7, 11) is 0. The minimum absolute atomic E-state index is 0.447. The van der Waals surface area contributed by atoms with Crippen LogP contribution < -0.4 is 0 Å². The Morgan fingerprint density at radius 3 is 1.44 bits per heavy atom. The SMILES string of the molecule is Brc1cccc(C2(c3ccccc3)c3ccccc3-c3ccccc3-c3ccccc32)c1. The number of benzene rings is 5. The fourth-order valence-corrected chi connectivity index (χ4v) is 5.79. The Morgan fingerprint density at radius 2 is 0.875 bits per heavy atom. The predicted molar refractivity (Wildman–Crippen MR) is 137 cm³/mol. The smallest absolute Gasteiger partial charge is 0.0622 e. The van der Waals surface area contributed by atoms with E-state index < -0.39 is 5.41 Å². The molecule has 0 bridgehead atoms. The summed E-state index contributed by atoms with van der Waals surface area (Å²) in [5.41, 5.74) is 9.81. The van der Waals surface area contributed by atoms with Gasteiger partial charge in [0.15, 0.2) is 0 Å². The van der Waals surface area contributed by atoms with Crippen LogP contribution in [-0.4, -0.2) is 0 Å². The monoisotopic (exact) mass is 472 g/mol. The van der Waals surface area contributed by atoms with Crippen LogP contribution in [0, 0.1) is 0 Å². The van der Waals surface area contributed by atoms with Gasteiger partial charge in [0.2, 0.25) is 0 Å². The summed E-state index contributed by atoms with van der Waals surface area (Å²) >= 11 is 3.75. The van der Waals surface area contributed by atoms with Crippen LogP contribution in [-0.2, 0) is 5.41 Å². The second-order valence-electron chi connectivity index (χ2n) is 8.26. The van der Waals surface area contributed by atoms with Gasteiger partial charge in [0.05, 0.1) is 5.41 Å². The van der Waals surface area contributed by atoms with Crippen molar-refractivity contribution >= 4 is 15.9 Å². The first kappa shape index (κ1) is 19.3. The lowest BCUT2D eigenvalue weighted by Crippen LogP contribution is -2.31. The van der Waals surface area contributed by atoms with Crippen LogP contribution in [0.1, 0.15) is 22.3 Å². The van der Waals surface area contributed by atoms with Crippen LogP contribution in [0.15, 0.2) is 132 Å². The molecule has 32 heavy (non-hydrogen) atoms. The van der Waals surface area contributed by atoms with Gasteiger partial charge in [-0.2, -0.15) is 0 Å². The number of hydrogen-bond donors (Lipinski definition) is 0. The van der Waals surface area contributed by atoms with Crippen molar-refractivity contribution in [3.05, 3.63) is 154 Å². The van der Waals surface area contributed by atoms with Gasteiger partial charge in [-0.25, -0.2) is 0 Å². The number of fused-ring (bicyclic) bond motifs is 5. The highest BCUT2D eigenvalue weighted by atomic mass is 79.9. The van der Waals surface area contributed by atoms with Gasteiger partial charge in [-0.3, -0.25) is 0 Å². The van der Waals surface area contributed by atoms with E-state index in [0.29, 0.717) is 0 Å². The van der Waals surface area contributed by atoms with E-state index in [4.69, 9.17) is 0 Å². The molecule has 0 heterocycles. The van der Waals surface area contributed by atoms with Crippen molar-refractivity contribution in [2.75, 3.05) is 0 Å².